The Kier molecular flexibility index (Phi) is 3.66. The molecule has 0 unspecified atom stereocenters. The standard InChI is InChI=1S/C13H9ClFNO3/c1-8-5-6-9(14)7-12(8)19-11-4-2-3-10(15)13(11)16(17)18/h2-7H,1H3. The van der Waals surface area contributed by atoms with Gasteiger partial charge in [-0.3, -0.25) is 10.1 Å². The number of nitrogens with zero attached hydrogens (tertiary/aromatic N) is 1. The number of hydrogen-bond acceptors (Lipinski definition) is 3. The number of rotatable bonds is 3. The molecular weight excluding hydrogens is 273 g/mol. The molecule has 0 aliphatic rings. The lowest BCUT2D eigenvalue weighted by molar-refractivity contribution is -0.388. The first-order valence-electron chi connectivity index (χ1n) is 5.36. The fourth-order valence-corrected chi connectivity index (χ4v) is 1.72. The SMILES string of the molecule is Cc1ccc(Cl)cc1Oc1cccc(F)c1[N+](=O)[O-]. The maximum absolute atomic E-state index is 13.4. The van der Waals surface area contributed by atoms with Crippen molar-refractivity contribution in [1.82, 2.24) is 0 Å². The first-order chi connectivity index (χ1) is 8.99. The average molecular weight is 282 g/mol. The summed E-state index contributed by atoms with van der Waals surface area (Å²) in [5, 5.41) is 11.3. The molecular formula is C13H9ClFNO3. The van der Waals surface area contributed by atoms with Crippen molar-refractivity contribution < 1.29 is 14.1 Å². The number of benzene rings is 2. The Hall–Kier alpha value is -2.14. The predicted octanol–water partition coefficient (Wildman–Crippen LogP) is 4.49. The van der Waals surface area contributed by atoms with E-state index < -0.39 is 16.4 Å². The Bertz CT molecular complexity index is 646. The molecule has 0 saturated carbocycles. The molecule has 0 amide bonds. The molecule has 0 spiro atoms. The van der Waals surface area contributed by atoms with Crippen LogP contribution in [0.25, 0.3) is 0 Å². The van der Waals surface area contributed by atoms with Crippen molar-refractivity contribution in [2.24, 2.45) is 0 Å². The largest absolute Gasteiger partial charge is 0.450 e. The highest BCUT2D eigenvalue weighted by atomic mass is 35.5. The molecule has 2 aromatic carbocycles. The fourth-order valence-electron chi connectivity index (χ4n) is 1.56. The van der Waals surface area contributed by atoms with Crippen molar-refractivity contribution in [3.05, 3.63) is 62.9 Å². The van der Waals surface area contributed by atoms with Crippen LogP contribution < -0.4 is 4.74 Å². The molecule has 0 aliphatic carbocycles. The maximum Gasteiger partial charge on any atom is 0.346 e. The van der Waals surface area contributed by atoms with Gasteiger partial charge >= 0.3 is 5.69 Å². The van der Waals surface area contributed by atoms with Crippen LogP contribution in [0.2, 0.25) is 5.02 Å². The van der Waals surface area contributed by atoms with E-state index >= 15 is 0 Å². The van der Waals surface area contributed by atoms with Crippen LogP contribution in [-0.4, -0.2) is 4.92 Å². The van der Waals surface area contributed by atoms with Gasteiger partial charge in [0.15, 0.2) is 0 Å². The Morgan fingerprint density at radius 3 is 2.68 bits per heavy atom. The molecule has 4 nitrogen and oxygen atoms in total. The van der Waals surface area contributed by atoms with Gasteiger partial charge in [-0.15, -0.1) is 0 Å². The van der Waals surface area contributed by atoms with E-state index in [0.717, 1.165) is 11.6 Å². The van der Waals surface area contributed by atoms with E-state index in [0.29, 0.717) is 10.8 Å². The lowest BCUT2D eigenvalue weighted by Gasteiger charge is -2.09. The summed E-state index contributed by atoms with van der Waals surface area (Å²) in [5.41, 5.74) is 0.0461. The highest BCUT2D eigenvalue weighted by Crippen LogP contribution is 2.35. The van der Waals surface area contributed by atoms with Crippen molar-refractivity contribution in [3.63, 3.8) is 0 Å². The topological polar surface area (TPSA) is 52.4 Å². The molecule has 0 atom stereocenters. The van der Waals surface area contributed by atoms with Crippen LogP contribution in [0.3, 0.4) is 0 Å². The Labute approximate surface area is 113 Å². The number of para-hydroxylation sites is 1. The summed E-state index contributed by atoms with van der Waals surface area (Å²) in [4.78, 5) is 10.0. The summed E-state index contributed by atoms with van der Waals surface area (Å²) >= 11 is 5.83. The second kappa shape index (κ2) is 5.24. The Balaban J connectivity index is 2.46. The molecule has 0 radical (unpaired) electrons. The van der Waals surface area contributed by atoms with E-state index in [-0.39, 0.29) is 5.75 Å². The number of ether oxygens (including phenoxy) is 1. The minimum Gasteiger partial charge on any atom is -0.450 e. The van der Waals surface area contributed by atoms with E-state index in [1.807, 2.05) is 0 Å². The number of hydrogen-bond donors (Lipinski definition) is 0. The monoisotopic (exact) mass is 281 g/mol. The normalized spacial score (nSPS) is 10.3. The fraction of sp³-hybridized carbons (Fsp3) is 0.0769. The van der Waals surface area contributed by atoms with Gasteiger partial charge in [0.2, 0.25) is 11.6 Å². The van der Waals surface area contributed by atoms with E-state index in [2.05, 4.69) is 0 Å². The maximum atomic E-state index is 13.4. The zero-order chi connectivity index (χ0) is 14.0. The van der Waals surface area contributed by atoms with Gasteiger partial charge in [-0.25, -0.2) is 0 Å². The summed E-state index contributed by atoms with van der Waals surface area (Å²) in [6, 6.07) is 8.59. The third kappa shape index (κ3) is 2.82. The van der Waals surface area contributed by atoms with Crippen LogP contribution in [0.1, 0.15) is 5.56 Å². The molecule has 0 bridgehead atoms. The third-order valence-corrected chi connectivity index (χ3v) is 2.74. The summed E-state index contributed by atoms with van der Waals surface area (Å²) < 4.78 is 18.8. The number of nitro groups is 1. The van der Waals surface area contributed by atoms with Crippen molar-refractivity contribution in [1.29, 1.82) is 0 Å². The predicted molar refractivity (Wildman–Crippen MR) is 69.3 cm³/mol. The molecule has 98 valence electrons. The Morgan fingerprint density at radius 2 is 2.00 bits per heavy atom. The van der Waals surface area contributed by atoms with E-state index in [1.165, 1.54) is 18.2 Å². The van der Waals surface area contributed by atoms with Gasteiger partial charge in [-0.2, -0.15) is 4.39 Å². The molecule has 19 heavy (non-hydrogen) atoms. The van der Waals surface area contributed by atoms with E-state index in [4.69, 9.17) is 16.3 Å². The zero-order valence-electron chi connectivity index (χ0n) is 9.89. The van der Waals surface area contributed by atoms with Crippen molar-refractivity contribution >= 4 is 17.3 Å². The lowest BCUT2D eigenvalue weighted by atomic mass is 10.2. The third-order valence-electron chi connectivity index (χ3n) is 2.50. The molecule has 0 heterocycles. The van der Waals surface area contributed by atoms with Crippen LogP contribution in [0.5, 0.6) is 11.5 Å². The van der Waals surface area contributed by atoms with Crippen LogP contribution in [-0.2, 0) is 0 Å². The van der Waals surface area contributed by atoms with Gasteiger partial charge < -0.3 is 4.74 Å². The van der Waals surface area contributed by atoms with Crippen LogP contribution in [0.15, 0.2) is 36.4 Å². The quantitative estimate of drug-likeness (QED) is 0.615. The van der Waals surface area contributed by atoms with Gasteiger partial charge in [-0.05, 0) is 36.8 Å². The molecule has 0 aliphatic heterocycles. The van der Waals surface area contributed by atoms with Gasteiger partial charge in [0, 0.05) is 5.02 Å². The molecule has 0 saturated heterocycles. The second-order valence-corrected chi connectivity index (χ2v) is 4.29. The number of aryl methyl sites for hydroxylation is 1. The highest BCUT2D eigenvalue weighted by Gasteiger charge is 2.22. The summed E-state index contributed by atoms with van der Waals surface area (Å²) in [7, 11) is 0. The van der Waals surface area contributed by atoms with Crippen LogP contribution in [0, 0.1) is 22.9 Å². The molecule has 2 aromatic rings. The molecule has 0 fully saturated rings. The number of nitro benzene ring substituents is 1. The minimum atomic E-state index is -0.942. The molecule has 2 rings (SSSR count). The van der Waals surface area contributed by atoms with Gasteiger partial charge in [-0.1, -0.05) is 23.7 Å². The Morgan fingerprint density at radius 1 is 1.26 bits per heavy atom. The molecule has 0 N–H and O–H groups in total. The van der Waals surface area contributed by atoms with Crippen molar-refractivity contribution in [2.45, 2.75) is 6.92 Å². The van der Waals surface area contributed by atoms with Crippen LogP contribution >= 0.6 is 11.6 Å². The average Bonchev–Trinajstić information content (AvgIpc) is 2.33. The van der Waals surface area contributed by atoms with Crippen molar-refractivity contribution in [2.75, 3.05) is 0 Å². The number of halogens is 2. The highest BCUT2D eigenvalue weighted by molar-refractivity contribution is 6.30. The van der Waals surface area contributed by atoms with Gasteiger partial charge in [0.05, 0.1) is 4.92 Å². The van der Waals surface area contributed by atoms with Crippen LogP contribution in [0.4, 0.5) is 10.1 Å². The van der Waals surface area contributed by atoms with E-state index in [9.17, 15) is 14.5 Å². The first-order valence-corrected chi connectivity index (χ1v) is 5.73. The lowest BCUT2D eigenvalue weighted by Crippen LogP contribution is -1.97. The summed E-state index contributed by atoms with van der Waals surface area (Å²) in [6.45, 7) is 1.76. The summed E-state index contributed by atoms with van der Waals surface area (Å²) in [6.07, 6.45) is 0. The molecule has 0 aromatic heterocycles. The second-order valence-electron chi connectivity index (χ2n) is 3.86. The van der Waals surface area contributed by atoms with Crippen molar-refractivity contribution in [3.8, 4) is 11.5 Å². The zero-order valence-corrected chi connectivity index (χ0v) is 10.6. The van der Waals surface area contributed by atoms with Gasteiger partial charge in [0.1, 0.15) is 5.75 Å². The smallest absolute Gasteiger partial charge is 0.346 e. The minimum absolute atomic E-state index is 0.157. The summed E-state index contributed by atoms with van der Waals surface area (Å²) in [5.74, 6) is -0.751. The van der Waals surface area contributed by atoms with E-state index in [1.54, 1.807) is 19.1 Å². The molecule has 6 heteroatoms. The van der Waals surface area contributed by atoms with Gasteiger partial charge in [0.25, 0.3) is 0 Å². The first kappa shape index (κ1) is 13.3.